The van der Waals surface area contributed by atoms with Gasteiger partial charge in [0.05, 0.1) is 6.26 Å². The van der Waals surface area contributed by atoms with Crippen molar-refractivity contribution >= 4 is 21.6 Å². The van der Waals surface area contributed by atoms with E-state index < -0.39 is 10.0 Å². The largest absolute Gasteiger partial charge is 0.349 e. The number of rotatable bonds is 4. The standard InChI is InChI=1S/C15H20N2O3S/c1-21(19,20)17-13-4-2-3-12(9-13)15(18)16-14-8-10-5-6-11(14)7-10/h2-4,9-11,14,17H,5-8H2,1H3,(H,16,18)/t10-,11-,14+/m1/s1. The fraction of sp³-hybridized carbons (Fsp3) is 0.533. The van der Waals surface area contributed by atoms with Crippen molar-refractivity contribution < 1.29 is 13.2 Å². The molecule has 114 valence electrons. The molecule has 21 heavy (non-hydrogen) atoms. The minimum atomic E-state index is -3.33. The Morgan fingerprint density at radius 2 is 2.05 bits per heavy atom. The van der Waals surface area contributed by atoms with Crippen molar-refractivity contribution in [3.8, 4) is 0 Å². The molecular weight excluding hydrogens is 288 g/mol. The lowest BCUT2D eigenvalue weighted by Gasteiger charge is -2.23. The van der Waals surface area contributed by atoms with Gasteiger partial charge in [0, 0.05) is 17.3 Å². The number of carbonyl (C=O) groups excluding carboxylic acids is 1. The number of nitrogens with one attached hydrogen (secondary N) is 2. The van der Waals surface area contributed by atoms with E-state index in [1.54, 1.807) is 24.3 Å². The zero-order chi connectivity index (χ0) is 15.0. The van der Waals surface area contributed by atoms with Gasteiger partial charge >= 0.3 is 0 Å². The van der Waals surface area contributed by atoms with Gasteiger partial charge in [-0.3, -0.25) is 9.52 Å². The number of anilines is 1. The second-order valence-corrected chi connectivity index (χ2v) is 7.96. The molecule has 2 bridgehead atoms. The number of carbonyl (C=O) groups is 1. The first-order valence-corrected chi connectivity index (χ1v) is 9.18. The summed E-state index contributed by atoms with van der Waals surface area (Å²) in [6, 6.07) is 6.88. The second kappa shape index (κ2) is 5.33. The first kappa shape index (κ1) is 14.4. The van der Waals surface area contributed by atoms with Crippen LogP contribution in [0, 0.1) is 11.8 Å². The summed E-state index contributed by atoms with van der Waals surface area (Å²) >= 11 is 0. The number of fused-ring (bicyclic) bond motifs is 2. The summed E-state index contributed by atoms with van der Waals surface area (Å²) in [7, 11) is -3.33. The van der Waals surface area contributed by atoms with Gasteiger partial charge < -0.3 is 5.32 Å². The third-order valence-electron chi connectivity index (χ3n) is 4.48. The predicted molar refractivity (Wildman–Crippen MR) is 81.6 cm³/mol. The Kier molecular flexibility index (Phi) is 3.65. The maximum Gasteiger partial charge on any atom is 0.251 e. The van der Waals surface area contributed by atoms with Gasteiger partial charge in [0.25, 0.3) is 5.91 Å². The molecule has 0 aliphatic heterocycles. The second-order valence-electron chi connectivity index (χ2n) is 6.21. The molecule has 0 aromatic heterocycles. The quantitative estimate of drug-likeness (QED) is 0.893. The molecule has 2 saturated carbocycles. The Hall–Kier alpha value is -1.56. The zero-order valence-electron chi connectivity index (χ0n) is 12.0. The summed E-state index contributed by atoms with van der Waals surface area (Å²) in [5, 5.41) is 3.10. The normalized spacial score (nSPS) is 27.6. The van der Waals surface area contributed by atoms with E-state index in [1.807, 2.05) is 0 Å². The van der Waals surface area contributed by atoms with Crippen molar-refractivity contribution in [3.05, 3.63) is 29.8 Å². The van der Waals surface area contributed by atoms with Gasteiger partial charge in [-0.05, 0) is 49.3 Å². The predicted octanol–water partition coefficient (Wildman–Crippen LogP) is 1.98. The topological polar surface area (TPSA) is 75.3 Å². The van der Waals surface area contributed by atoms with Gasteiger partial charge in [-0.25, -0.2) is 8.42 Å². The highest BCUT2D eigenvalue weighted by atomic mass is 32.2. The molecule has 3 atom stereocenters. The summed E-state index contributed by atoms with van der Waals surface area (Å²) in [6.07, 6.45) is 5.92. The lowest BCUT2D eigenvalue weighted by atomic mass is 9.95. The van der Waals surface area contributed by atoms with Crippen LogP contribution in [0.25, 0.3) is 0 Å². The summed E-state index contributed by atoms with van der Waals surface area (Å²) in [5.74, 6) is 1.28. The summed E-state index contributed by atoms with van der Waals surface area (Å²) in [6.45, 7) is 0. The molecular formula is C15H20N2O3S. The Bertz CT molecular complexity index is 657. The Labute approximate surface area is 125 Å². The fourth-order valence-corrected chi connectivity index (χ4v) is 4.17. The smallest absolute Gasteiger partial charge is 0.251 e. The first-order chi connectivity index (χ1) is 9.90. The number of benzene rings is 1. The minimum Gasteiger partial charge on any atom is -0.349 e. The van der Waals surface area contributed by atoms with E-state index in [0.29, 0.717) is 17.2 Å². The molecule has 2 fully saturated rings. The molecule has 2 aliphatic carbocycles. The van der Waals surface area contributed by atoms with Crippen LogP contribution in [0.3, 0.4) is 0 Å². The van der Waals surface area contributed by atoms with E-state index in [0.717, 1.165) is 18.6 Å². The third kappa shape index (κ3) is 3.37. The van der Waals surface area contributed by atoms with Crippen LogP contribution in [0.2, 0.25) is 0 Å². The Morgan fingerprint density at radius 1 is 1.24 bits per heavy atom. The van der Waals surface area contributed by atoms with Gasteiger partial charge in [0.2, 0.25) is 10.0 Å². The van der Waals surface area contributed by atoms with Crippen molar-refractivity contribution in [1.29, 1.82) is 0 Å². The van der Waals surface area contributed by atoms with Crippen LogP contribution in [0.5, 0.6) is 0 Å². The van der Waals surface area contributed by atoms with E-state index >= 15 is 0 Å². The van der Waals surface area contributed by atoms with Crippen molar-refractivity contribution in [2.45, 2.75) is 31.7 Å². The third-order valence-corrected chi connectivity index (χ3v) is 5.09. The summed E-state index contributed by atoms with van der Waals surface area (Å²) in [4.78, 5) is 12.3. The summed E-state index contributed by atoms with van der Waals surface area (Å²) in [5.41, 5.74) is 0.907. The molecule has 5 nitrogen and oxygen atoms in total. The monoisotopic (exact) mass is 308 g/mol. The average Bonchev–Trinajstić information content (AvgIpc) is 2.99. The highest BCUT2D eigenvalue weighted by molar-refractivity contribution is 7.92. The van der Waals surface area contributed by atoms with Gasteiger partial charge in [0.1, 0.15) is 0 Å². The van der Waals surface area contributed by atoms with Gasteiger partial charge in [-0.15, -0.1) is 0 Å². The van der Waals surface area contributed by atoms with E-state index in [4.69, 9.17) is 0 Å². The highest BCUT2D eigenvalue weighted by Crippen LogP contribution is 2.44. The van der Waals surface area contributed by atoms with E-state index in [2.05, 4.69) is 10.0 Å². The van der Waals surface area contributed by atoms with Crippen LogP contribution in [0.4, 0.5) is 5.69 Å². The lowest BCUT2D eigenvalue weighted by Crippen LogP contribution is -2.38. The van der Waals surface area contributed by atoms with Crippen LogP contribution < -0.4 is 10.0 Å². The molecule has 0 radical (unpaired) electrons. The first-order valence-electron chi connectivity index (χ1n) is 7.29. The lowest BCUT2D eigenvalue weighted by molar-refractivity contribution is 0.0923. The van der Waals surface area contributed by atoms with Crippen LogP contribution in [-0.2, 0) is 10.0 Å². The van der Waals surface area contributed by atoms with Crippen molar-refractivity contribution in [1.82, 2.24) is 5.32 Å². The number of hydrogen-bond donors (Lipinski definition) is 2. The molecule has 1 aromatic rings. The molecule has 0 unspecified atom stereocenters. The van der Waals surface area contributed by atoms with Crippen LogP contribution in [0.1, 0.15) is 36.0 Å². The van der Waals surface area contributed by atoms with Crippen LogP contribution in [0.15, 0.2) is 24.3 Å². The Morgan fingerprint density at radius 3 is 2.67 bits per heavy atom. The van der Waals surface area contributed by atoms with Crippen molar-refractivity contribution in [2.75, 3.05) is 11.0 Å². The van der Waals surface area contributed by atoms with E-state index in [-0.39, 0.29) is 11.9 Å². The maximum absolute atomic E-state index is 12.3. The maximum atomic E-state index is 12.3. The van der Waals surface area contributed by atoms with Crippen molar-refractivity contribution in [3.63, 3.8) is 0 Å². The van der Waals surface area contributed by atoms with Crippen molar-refractivity contribution in [2.24, 2.45) is 11.8 Å². The minimum absolute atomic E-state index is 0.121. The van der Waals surface area contributed by atoms with E-state index in [9.17, 15) is 13.2 Å². The molecule has 3 rings (SSSR count). The number of amides is 1. The number of sulfonamides is 1. The Balaban J connectivity index is 1.68. The SMILES string of the molecule is CS(=O)(=O)Nc1cccc(C(=O)N[C@H]2C[C@@H]3CC[C@@H]2C3)c1. The highest BCUT2D eigenvalue weighted by Gasteiger charge is 2.40. The van der Waals surface area contributed by atoms with E-state index in [1.165, 1.54) is 19.3 Å². The van der Waals surface area contributed by atoms with Gasteiger partial charge in [0.15, 0.2) is 0 Å². The molecule has 0 saturated heterocycles. The molecule has 2 aliphatic rings. The molecule has 0 heterocycles. The van der Waals surface area contributed by atoms with Crippen LogP contribution in [-0.4, -0.2) is 26.6 Å². The van der Waals surface area contributed by atoms with Gasteiger partial charge in [-0.1, -0.05) is 12.5 Å². The van der Waals surface area contributed by atoms with Crippen LogP contribution >= 0.6 is 0 Å². The molecule has 1 amide bonds. The van der Waals surface area contributed by atoms with Gasteiger partial charge in [-0.2, -0.15) is 0 Å². The molecule has 6 heteroatoms. The average molecular weight is 308 g/mol. The molecule has 0 spiro atoms. The summed E-state index contributed by atoms with van der Waals surface area (Å²) < 4.78 is 24.9. The molecule has 2 N–H and O–H groups in total. The zero-order valence-corrected chi connectivity index (χ0v) is 12.8. The molecule has 1 aromatic carbocycles. The number of hydrogen-bond acceptors (Lipinski definition) is 3. The fourth-order valence-electron chi connectivity index (χ4n) is 3.61.